The summed E-state index contributed by atoms with van der Waals surface area (Å²) in [5.41, 5.74) is -3.74. The first-order chi connectivity index (χ1) is 16.3. The summed E-state index contributed by atoms with van der Waals surface area (Å²) in [7, 11) is 0. The Hall–Kier alpha value is -3.45. The molecule has 35 heavy (non-hydrogen) atoms. The summed E-state index contributed by atoms with van der Waals surface area (Å²) in [5.74, 6) is -6.39. The average molecular weight is 481 g/mol. The van der Waals surface area contributed by atoms with Gasteiger partial charge in [-0.25, -0.2) is 0 Å². The zero-order valence-corrected chi connectivity index (χ0v) is 20.8. The Balaban J connectivity index is 2.37. The van der Waals surface area contributed by atoms with Crippen molar-refractivity contribution in [3.63, 3.8) is 0 Å². The molecule has 3 saturated carbocycles. The second-order valence-corrected chi connectivity index (χ2v) is 9.67. The van der Waals surface area contributed by atoms with Gasteiger partial charge in [0.1, 0.15) is 22.9 Å². The van der Waals surface area contributed by atoms with Gasteiger partial charge in [-0.05, 0) is 59.2 Å². The van der Waals surface area contributed by atoms with Gasteiger partial charge in [0.2, 0.25) is 0 Å². The molecular weight excluding hydrogens is 448 g/mol. The molecule has 7 nitrogen and oxygen atoms in total. The van der Waals surface area contributed by atoms with Crippen molar-refractivity contribution in [2.75, 3.05) is 0 Å². The predicted octanol–water partition coefficient (Wildman–Crippen LogP) is 4.19. The third kappa shape index (κ3) is 3.65. The quantitative estimate of drug-likeness (QED) is 0.124. The van der Waals surface area contributed by atoms with Crippen LogP contribution in [-0.4, -0.2) is 43.4 Å². The lowest BCUT2D eigenvalue weighted by atomic mass is 9.43. The van der Waals surface area contributed by atoms with Crippen molar-refractivity contribution in [3.8, 4) is 11.5 Å². The maximum atomic E-state index is 14.0. The number of hydrogen-bond acceptors (Lipinski definition) is 7. The van der Waals surface area contributed by atoms with Crippen LogP contribution in [0.25, 0.3) is 0 Å². The Morgan fingerprint density at radius 2 is 1.66 bits per heavy atom. The van der Waals surface area contributed by atoms with E-state index in [0.717, 1.165) is 0 Å². The summed E-state index contributed by atoms with van der Waals surface area (Å²) in [6, 6.07) is 1.35. The fourth-order valence-electron chi connectivity index (χ4n) is 5.66. The van der Waals surface area contributed by atoms with Gasteiger partial charge in [-0.3, -0.25) is 14.4 Å². The first-order valence-electron chi connectivity index (χ1n) is 11.5. The SMILES string of the molecule is C/C=C/C=C/C(O)=C1C(=O)[C@@]2(C)C(=O)[C@@](C)(O)[C@H]1[C@H](C(=O)c1cc(C)c(O)c(C)c1O)[C@H]2/C=C/C. The number of benzene rings is 1. The van der Waals surface area contributed by atoms with Crippen molar-refractivity contribution in [1.29, 1.82) is 0 Å². The molecule has 5 atom stereocenters. The number of allylic oxidation sites excluding steroid dienone is 6. The van der Waals surface area contributed by atoms with Gasteiger partial charge in [0.05, 0.1) is 11.0 Å². The van der Waals surface area contributed by atoms with Crippen LogP contribution in [0.2, 0.25) is 0 Å². The lowest BCUT2D eigenvalue weighted by Crippen LogP contribution is -2.71. The maximum Gasteiger partial charge on any atom is 0.178 e. The molecule has 7 heteroatoms. The Labute approximate surface area is 204 Å². The van der Waals surface area contributed by atoms with E-state index < -0.39 is 57.6 Å². The smallest absolute Gasteiger partial charge is 0.178 e. The number of aromatic hydroxyl groups is 2. The van der Waals surface area contributed by atoms with Crippen molar-refractivity contribution in [1.82, 2.24) is 0 Å². The molecule has 186 valence electrons. The molecule has 1 aromatic rings. The van der Waals surface area contributed by atoms with E-state index in [9.17, 15) is 34.8 Å². The molecule has 0 saturated heterocycles. The van der Waals surface area contributed by atoms with Gasteiger partial charge in [0.15, 0.2) is 17.3 Å². The minimum Gasteiger partial charge on any atom is -0.508 e. The number of fused-ring (bicyclic) bond motifs is 3. The van der Waals surface area contributed by atoms with Gasteiger partial charge in [-0.2, -0.15) is 0 Å². The minimum atomic E-state index is -2.13. The highest BCUT2D eigenvalue weighted by Gasteiger charge is 2.72. The molecule has 0 radical (unpaired) electrons. The molecular formula is C28H32O7. The number of phenolic OH excluding ortho intramolecular Hbond substituents is 2. The molecule has 0 unspecified atom stereocenters. The molecule has 0 spiro atoms. The van der Waals surface area contributed by atoms with Gasteiger partial charge in [0, 0.05) is 28.9 Å². The van der Waals surface area contributed by atoms with E-state index in [-0.39, 0.29) is 22.4 Å². The summed E-state index contributed by atoms with van der Waals surface area (Å²) in [4.78, 5) is 41.1. The van der Waals surface area contributed by atoms with E-state index in [1.54, 1.807) is 45.1 Å². The van der Waals surface area contributed by atoms with Crippen LogP contribution in [0.4, 0.5) is 0 Å². The van der Waals surface area contributed by atoms with Crippen LogP contribution in [0.5, 0.6) is 11.5 Å². The first-order valence-corrected chi connectivity index (χ1v) is 11.5. The summed E-state index contributed by atoms with van der Waals surface area (Å²) < 4.78 is 0. The number of aryl methyl sites for hydroxylation is 1. The maximum absolute atomic E-state index is 14.0. The van der Waals surface area contributed by atoms with E-state index in [2.05, 4.69) is 0 Å². The normalized spacial score (nSPS) is 32.4. The number of Topliss-reactive ketones (excluding diaryl/α,β-unsaturated/α-hetero) is 3. The highest BCUT2D eigenvalue weighted by atomic mass is 16.3. The van der Waals surface area contributed by atoms with Crippen LogP contribution < -0.4 is 0 Å². The predicted molar refractivity (Wildman–Crippen MR) is 131 cm³/mol. The number of aliphatic hydroxyl groups is 2. The Morgan fingerprint density at radius 1 is 1.03 bits per heavy atom. The zero-order chi connectivity index (χ0) is 26.5. The standard InChI is InChI=1S/C28H32O7/c1-7-9-10-12-18(29)20-21-19(24(32)16-13-14(3)22(30)15(4)23(16)31)17(11-8-2)27(5,25(20)33)26(34)28(21,6)35/h7-13,17,19,21,29-31,35H,1-6H3/b9-7+,11-8+,12-10+,20-18?/t17-,19-,21+,27+,28+/m1/s1. The molecule has 3 aliphatic carbocycles. The van der Waals surface area contributed by atoms with Crippen molar-refractivity contribution < 1.29 is 34.8 Å². The molecule has 0 amide bonds. The van der Waals surface area contributed by atoms with Gasteiger partial charge in [0.25, 0.3) is 0 Å². The van der Waals surface area contributed by atoms with Crippen molar-refractivity contribution in [3.05, 3.63) is 70.5 Å². The highest BCUT2D eigenvalue weighted by molar-refractivity contribution is 6.23. The molecule has 3 fully saturated rings. The minimum absolute atomic E-state index is 0.0903. The van der Waals surface area contributed by atoms with Crippen LogP contribution in [0.1, 0.15) is 49.2 Å². The lowest BCUT2D eigenvalue weighted by Gasteiger charge is -2.57. The summed E-state index contributed by atoms with van der Waals surface area (Å²) in [6.45, 7) is 9.18. The lowest BCUT2D eigenvalue weighted by molar-refractivity contribution is -0.176. The molecule has 0 heterocycles. The van der Waals surface area contributed by atoms with E-state index in [1.807, 2.05) is 0 Å². The van der Waals surface area contributed by atoms with Crippen molar-refractivity contribution in [2.45, 2.75) is 47.1 Å². The van der Waals surface area contributed by atoms with Crippen LogP contribution in [-0.2, 0) is 9.59 Å². The Morgan fingerprint density at radius 3 is 2.23 bits per heavy atom. The van der Waals surface area contributed by atoms with Gasteiger partial charge >= 0.3 is 0 Å². The summed E-state index contributed by atoms with van der Waals surface area (Å²) >= 11 is 0. The van der Waals surface area contributed by atoms with Crippen molar-refractivity contribution >= 4 is 17.3 Å². The molecule has 0 aromatic heterocycles. The second-order valence-electron chi connectivity index (χ2n) is 9.67. The Bertz CT molecular complexity index is 1230. The molecule has 4 N–H and O–H groups in total. The number of ketones is 3. The number of aliphatic hydroxyl groups excluding tert-OH is 1. The van der Waals surface area contributed by atoms with Gasteiger partial charge < -0.3 is 20.4 Å². The zero-order valence-electron chi connectivity index (χ0n) is 20.8. The number of hydrogen-bond donors (Lipinski definition) is 4. The number of rotatable bonds is 5. The highest BCUT2D eigenvalue weighted by Crippen LogP contribution is 2.60. The second kappa shape index (κ2) is 8.96. The average Bonchev–Trinajstić information content (AvgIpc) is 2.80. The van der Waals surface area contributed by atoms with Gasteiger partial charge in [-0.1, -0.05) is 30.4 Å². The third-order valence-corrected chi connectivity index (χ3v) is 7.48. The molecule has 2 bridgehead atoms. The van der Waals surface area contributed by atoms with Crippen LogP contribution in [0.3, 0.4) is 0 Å². The van der Waals surface area contributed by atoms with E-state index >= 15 is 0 Å². The topological polar surface area (TPSA) is 132 Å². The molecule has 1 aromatic carbocycles. The fourth-order valence-corrected chi connectivity index (χ4v) is 5.66. The van der Waals surface area contributed by atoms with Crippen LogP contribution in [0.15, 0.2) is 53.9 Å². The van der Waals surface area contributed by atoms with Crippen LogP contribution in [0, 0.1) is 37.0 Å². The third-order valence-electron chi connectivity index (χ3n) is 7.48. The number of carbonyl (C=O) groups is 3. The number of phenols is 2. The van der Waals surface area contributed by atoms with E-state index in [0.29, 0.717) is 5.56 Å². The first kappa shape index (κ1) is 26.2. The van der Waals surface area contributed by atoms with E-state index in [4.69, 9.17) is 0 Å². The summed E-state index contributed by atoms with van der Waals surface area (Å²) in [5, 5.41) is 43.2. The Kier molecular flexibility index (Phi) is 6.70. The largest absolute Gasteiger partial charge is 0.508 e. The van der Waals surface area contributed by atoms with E-state index in [1.165, 1.54) is 39.0 Å². The van der Waals surface area contributed by atoms with Crippen molar-refractivity contribution in [2.24, 2.45) is 23.2 Å². The van der Waals surface area contributed by atoms with Crippen LogP contribution >= 0.6 is 0 Å². The number of carbonyl (C=O) groups excluding carboxylic acids is 3. The fraction of sp³-hybridized carbons (Fsp3) is 0.393. The molecule has 0 aliphatic heterocycles. The monoisotopic (exact) mass is 480 g/mol. The molecule has 3 aliphatic rings. The molecule has 4 rings (SSSR count). The summed E-state index contributed by atoms with van der Waals surface area (Å²) in [6.07, 6.45) is 9.39. The van der Waals surface area contributed by atoms with Gasteiger partial charge in [-0.15, -0.1) is 0 Å².